The van der Waals surface area contributed by atoms with Crippen molar-refractivity contribution < 1.29 is 9.53 Å². The minimum Gasteiger partial charge on any atom is -0.464 e. The van der Waals surface area contributed by atoms with Gasteiger partial charge >= 0.3 is 5.97 Å². The van der Waals surface area contributed by atoms with Crippen molar-refractivity contribution in [3.05, 3.63) is 39.9 Å². The van der Waals surface area contributed by atoms with Gasteiger partial charge in [0.25, 0.3) is 0 Å². The Morgan fingerprint density at radius 2 is 2.00 bits per heavy atom. The highest BCUT2D eigenvalue weighted by Crippen LogP contribution is 2.30. The maximum atomic E-state index is 11.5. The molecule has 0 fully saturated rings. The highest BCUT2D eigenvalue weighted by atomic mass is 32.1. The van der Waals surface area contributed by atoms with Gasteiger partial charge in [-0.25, -0.2) is 9.78 Å². The Bertz CT molecular complexity index is 602. The molecule has 18 heavy (non-hydrogen) atoms. The minimum absolute atomic E-state index is 0.375. The van der Waals surface area contributed by atoms with Crippen molar-refractivity contribution in [3.63, 3.8) is 0 Å². The zero-order chi connectivity index (χ0) is 13.3. The normalized spacial score (nSPS) is 10.4. The first kappa shape index (κ1) is 12.8. The molecule has 0 amide bonds. The molecule has 2 rings (SSSR count). The third-order valence-electron chi connectivity index (χ3n) is 2.79. The van der Waals surface area contributed by atoms with Gasteiger partial charge in [0.1, 0.15) is 5.01 Å². The number of carbonyl (C=O) groups excluding carboxylic acids is 1. The van der Waals surface area contributed by atoms with Crippen LogP contribution in [0.4, 0.5) is 0 Å². The van der Waals surface area contributed by atoms with Crippen LogP contribution in [-0.4, -0.2) is 18.1 Å². The van der Waals surface area contributed by atoms with Crippen molar-refractivity contribution in [1.29, 1.82) is 0 Å². The van der Waals surface area contributed by atoms with E-state index in [9.17, 15) is 4.79 Å². The maximum absolute atomic E-state index is 11.5. The van der Waals surface area contributed by atoms with Crippen LogP contribution in [0.5, 0.6) is 0 Å². The molecule has 1 aromatic carbocycles. The lowest BCUT2D eigenvalue weighted by molar-refractivity contribution is 0.0594. The van der Waals surface area contributed by atoms with Crippen molar-refractivity contribution in [1.82, 2.24) is 4.98 Å². The molecule has 0 radical (unpaired) electrons. The van der Waals surface area contributed by atoms with E-state index in [-0.39, 0.29) is 5.97 Å². The van der Waals surface area contributed by atoms with Crippen molar-refractivity contribution in [2.75, 3.05) is 7.11 Å². The zero-order valence-corrected chi connectivity index (χ0v) is 11.7. The molecule has 0 bridgehead atoms. The van der Waals surface area contributed by atoms with E-state index in [0.29, 0.717) is 5.69 Å². The number of methoxy groups -OCH3 is 1. The Labute approximate surface area is 110 Å². The van der Waals surface area contributed by atoms with Crippen molar-refractivity contribution in [2.24, 2.45) is 0 Å². The highest BCUT2D eigenvalue weighted by Gasteiger charge is 2.17. The van der Waals surface area contributed by atoms with Crippen molar-refractivity contribution in [3.8, 4) is 10.6 Å². The molecule has 4 heteroatoms. The van der Waals surface area contributed by atoms with Crippen molar-refractivity contribution in [2.45, 2.75) is 20.8 Å². The van der Waals surface area contributed by atoms with E-state index in [2.05, 4.69) is 31.0 Å². The van der Waals surface area contributed by atoms with Gasteiger partial charge < -0.3 is 4.74 Å². The number of esters is 1. The minimum atomic E-state index is -0.375. The van der Waals surface area contributed by atoms with Crippen LogP contribution in [0.15, 0.2) is 18.2 Å². The molecular weight excluding hydrogens is 246 g/mol. The zero-order valence-electron chi connectivity index (χ0n) is 10.9. The number of thiazole rings is 1. The van der Waals surface area contributed by atoms with E-state index in [0.717, 1.165) is 15.4 Å². The van der Waals surface area contributed by atoms with Crippen LogP contribution in [0.25, 0.3) is 10.6 Å². The van der Waals surface area contributed by atoms with Gasteiger partial charge in [0.15, 0.2) is 5.69 Å². The molecule has 0 N–H and O–H groups in total. The van der Waals surface area contributed by atoms with Gasteiger partial charge in [-0.05, 0) is 26.3 Å². The van der Waals surface area contributed by atoms with Crippen LogP contribution in [-0.2, 0) is 4.74 Å². The van der Waals surface area contributed by atoms with Crippen LogP contribution < -0.4 is 0 Å². The van der Waals surface area contributed by atoms with Crippen LogP contribution in [0.1, 0.15) is 26.5 Å². The molecule has 3 nitrogen and oxygen atoms in total. The molecule has 2 aromatic rings. The molecule has 0 aliphatic carbocycles. The average Bonchev–Trinajstić information content (AvgIpc) is 2.70. The first-order valence-corrected chi connectivity index (χ1v) is 6.48. The summed E-state index contributed by atoms with van der Waals surface area (Å²) in [6.45, 7) is 6.00. The first-order valence-electron chi connectivity index (χ1n) is 5.66. The van der Waals surface area contributed by atoms with Gasteiger partial charge in [-0.2, -0.15) is 0 Å². The molecule has 1 heterocycles. The fourth-order valence-corrected chi connectivity index (χ4v) is 2.84. The van der Waals surface area contributed by atoms with Crippen molar-refractivity contribution >= 4 is 17.3 Å². The first-order chi connectivity index (χ1) is 8.52. The summed E-state index contributed by atoms with van der Waals surface area (Å²) in [5.74, 6) is -0.375. The molecule has 0 aliphatic rings. The largest absolute Gasteiger partial charge is 0.464 e. The molecular formula is C14H15NO2S. The number of rotatable bonds is 2. The third-order valence-corrected chi connectivity index (χ3v) is 3.79. The second kappa shape index (κ2) is 4.90. The van der Waals surface area contributed by atoms with Gasteiger partial charge in [0, 0.05) is 10.4 Å². The van der Waals surface area contributed by atoms with E-state index in [1.807, 2.05) is 13.0 Å². The number of hydrogen-bond acceptors (Lipinski definition) is 4. The second-order valence-corrected chi connectivity index (χ2v) is 5.44. The Kier molecular flexibility index (Phi) is 3.48. The van der Waals surface area contributed by atoms with E-state index in [4.69, 9.17) is 4.74 Å². The fourth-order valence-electron chi connectivity index (χ4n) is 1.85. The number of benzene rings is 1. The Morgan fingerprint density at radius 1 is 1.28 bits per heavy atom. The predicted octanol–water partition coefficient (Wildman–Crippen LogP) is 3.52. The predicted molar refractivity (Wildman–Crippen MR) is 73.1 cm³/mol. The number of hydrogen-bond donors (Lipinski definition) is 0. The number of aromatic nitrogens is 1. The van der Waals surface area contributed by atoms with E-state index >= 15 is 0 Å². The van der Waals surface area contributed by atoms with E-state index in [1.165, 1.54) is 29.6 Å². The quantitative estimate of drug-likeness (QED) is 0.776. The Balaban J connectivity index is 2.49. The van der Waals surface area contributed by atoms with E-state index < -0.39 is 0 Å². The fraction of sp³-hybridized carbons (Fsp3) is 0.286. The molecule has 94 valence electrons. The topological polar surface area (TPSA) is 39.2 Å². The Hall–Kier alpha value is -1.68. The molecule has 0 saturated carbocycles. The monoisotopic (exact) mass is 261 g/mol. The van der Waals surface area contributed by atoms with Crippen LogP contribution >= 0.6 is 11.3 Å². The van der Waals surface area contributed by atoms with Gasteiger partial charge in [-0.1, -0.05) is 23.8 Å². The van der Waals surface area contributed by atoms with Crippen LogP contribution in [0.3, 0.4) is 0 Å². The van der Waals surface area contributed by atoms with Gasteiger partial charge in [0.05, 0.1) is 7.11 Å². The highest BCUT2D eigenvalue weighted by molar-refractivity contribution is 7.15. The molecule has 1 aromatic heterocycles. The summed E-state index contributed by atoms with van der Waals surface area (Å²) in [4.78, 5) is 16.8. The summed E-state index contributed by atoms with van der Waals surface area (Å²) in [5, 5.41) is 0.866. The molecule has 0 aliphatic heterocycles. The molecule has 0 atom stereocenters. The SMILES string of the molecule is COC(=O)c1nc(-c2ccc(C)cc2C)sc1C. The molecule has 0 spiro atoms. The van der Waals surface area contributed by atoms with Crippen LogP contribution in [0, 0.1) is 20.8 Å². The van der Waals surface area contributed by atoms with E-state index in [1.54, 1.807) is 0 Å². The van der Waals surface area contributed by atoms with Crippen LogP contribution in [0.2, 0.25) is 0 Å². The lowest BCUT2D eigenvalue weighted by Crippen LogP contribution is -2.03. The summed E-state index contributed by atoms with van der Waals surface area (Å²) in [6, 6.07) is 6.21. The van der Waals surface area contributed by atoms with Gasteiger partial charge in [-0.3, -0.25) is 0 Å². The summed E-state index contributed by atoms with van der Waals surface area (Å²) in [6.07, 6.45) is 0. The number of carbonyl (C=O) groups is 1. The summed E-state index contributed by atoms with van der Waals surface area (Å²) < 4.78 is 4.72. The third kappa shape index (κ3) is 2.29. The number of nitrogens with zero attached hydrogens (tertiary/aromatic N) is 1. The summed E-state index contributed by atoms with van der Waals surface area (Å²) >= 11 is 1.52. The standard InChI is InChI=1S/C14H15NO2S/c1-8-5-6-11(9(2)7-8)13-15-12(10(3)18-13)14(16)17-4/h5-7H,1-4H3. The number of ether oxygens (including phenoxy) is 1. The number of aryl methyl sites for hydroxylation is 3. The average molecular weight is 261 g/mol. The summed E-state index contributed by atoms with van der Waals surface area (Å²) in [7, 11) is 1.37. The van der Waals surface area contributed by atoms with Gasteiger partial charge in [-0.15, -0.1) is 11.3 Å². The maximum Gasteiger partial charge on any atom is 0.357 e. The molecule has 0 saturated heterocycles. The smallest absolute Gasteiger partial charge is 0.357 e. The summed E-state index contributed by atoms with van der Waals surface area (Å²) in [5.41, 5.74) is 3.87. The second-order valence-electron chi connectivity index (χ2n) is 4.23. The lowest BCUT2D eigenvalue weighted by atomic mass is 10.1. The van der Waals surface area contributed by atoms with Gasteiger partial charge in [0.2, 0.25) is 0 Å². The lowest BCUT2D eigenvalue weighted by Gasteiger charge is -2.02. The molecule has 0 unspecified atom stereocenters. The Morgan fingerprint density at radius 3 is 2.61 bits per heavy atom.